The average Bonchev–Trinajstić information content (AvgIpc) is 2.15. The Labute approximate surface area is 84.6 Å². The monoisotopic (exact) mass is 214 g/mol. The van der Waals surface area contributed by atoms with Gasteiger partial charge in [0, 0.05) is 11.6 Å². The third-order valence-electron chi connectivity index (χ3n) is 1.65. The van der Waals surface area contributed by atoms with E-state index >= 15 is 0 Å². The van der Waals surface area contributed by atoms with Crippen molar-refractivity contribution in [1.29, 1.82) is 0 Å². The number of carbonyl (C=O) groups excluding carboxylic acids is 1. The lowest BCUT2D eigenvalue weighted by atomic mass is 10.1. The molecule has 0 saturated carbocycles. The first-order chi connectivity index (χ1) is 6.56. The van der Waals surface area contributed by atoms with Crippen LogP contribution in [0.5, 0.6) is 0 Å². The maximum atomic E-state index is 11.1. The number of ketones is 1. The van der Waals surface area contributed by atoms with E-state index in [9.17, 15) is 14.9 Å². The molecule has 0 aromatic heterocycles. The number of nitro benzene ring substituents is 1. The first kappa shape index (κ1) is 10.6. The third kappa shape index (κ3) is 2.07. The van der Waals surface area contributed by atoms with Crippen LogP contribution in [0.4, 0.5) is 5.69 Å². The maximum Gasteiger partial charge on any atom is 0.287 e. The number of benzene rings is 1. The summed E-state index contributed by atoms with van der Waals surface area (Å²) in [4.78, 5) is 20.9. The Hall–Kier alpha value is -1.46. The highest BCUT2D eigenvalue weighted by Crippen LogP contribution is 2.24. The summed E-state index contributed by atoms with van der Waals surface area (Å²) in [6, 6.07) is 3.76. The Morgan fingerprint density at radius 2 is 2.21 bits per heavy atom. The van der Waals surface area contributed by atoms with Crippen molar-refractivity contribution in [2.75, 3.05) is 6.54 Å². The molecule has 14 heavy (non-hydrogen) atoms. The summed E-state index contributed by atoms with van der Waals surface area (Å²) in [6.45, 7) is -0.145. The molecule has 2 N–H and O–H groups in total. The molecule has 0 radical (unpaired) electrons. The zero-order valence-electron chi connectivity index (χ0n) is 7.07. The van der Waals surface area contributed by atoms with Gasteiger partial charge in [-0.3, -0.25) is 14.9 Å². The van der Waals surface area contributed by atoms with E-state index in [0.29, 0.717) is 0 Å². The van der Waals surface area contributed by atoms with Gasteiger partial charge in [-0.05, 0) is 12.1 Å². The summed E-state index contributed by atoms with van der Waals surface area (Å²) in [6.07, 6.45) is 0. The van der Waals surface area contributed by atoms with Crippen molar-refractivity contribution in [3.05, 3.63) is 38.9 Å². The molecule has 0 spiro atoms. The zero-order valence-corrected chi connectivity index (χ0v) is 7.82. The molecule has 0 aliphatic rings. The van der Waals surface area contributed by atoms with E-state index in [1.807, 2.05) is 0 Å². The molecule has 0 aliphatic carbocycles. The van der Waals surface area contributed by atoms with Crippen LogP contribution in [-0.2, 0) is 0 Å². The summed E-state index contributed by atoms with van der Waals surface area (Å²) >= 11 is 5.59. The Morgan fingerprint density at radius 3 is 2.64 bits per heavy atom. The van der Waals surface area contributed by atoms with Gasteiger partial charge >= 0.3 is 0 Å². The predicted octanol–water partition coefficient (Wildman–Crippen LogP) is 1.39. The van der Waals surface area contributed by atoms with Crippen LogP contribution < -0.4 is 5.73 Å². The minimum absolute atomic E-state index is 0.0608. The van der Waals surface area contributed by atoms with Gasteiger partial charge in [-0.15, -0.1) is 0 Å². The summed E-state index contributed by atoms with van der Waals surface area (Å²) < 4.78 is 0. The van der Waals surface area contributed by atoms with Gasteiger partial charge in [0.25, 0.3) is 5.69 Å². The standard InChI is InChI=1S/C8H7ClN2O3/c9-6-3-5(8(12)4-10)1-2-7(6)11(13)14/h1-3H,4,10H2. The normalized spacial score (nSPS) is 9.86. The second kappa shape index (κ2) is 4.17. The fourth-order valence-corrected chi connectivity index (χ4v) is 1.20. The smallest absolute Gasteiger partial charge is 0.287 e. The van der Waals surface area contributed by atoms with Crippen LogP contribution in [0, 0.1) is 10.1 Å². The van der Waals surface area contributed by atoms with E-state index in [2.05, 4.69) is 0 Å². The molecule has 0 bridgehead atoms. The van der Waals surface area contributed by atoms with Crippen molar-refractivity contribution in [3.8, 4) is 0 Å². The number of carbonyl (C=O) groups is 1. The van der Waals surface area contributed by atoms with Crippen LogP contribution in [-0.4, -0.2) is 17.3 Å². The predicted molar refractivity (Wildman–Crippen MR) is 51.5 cm³/mol. The molecule has 1 aromatic carbocycles. The molecular weight excluding hydrogens is 208 g/mol. The number of hydrogen-bond donors (Lipinski definition) is 1. The Bertz CT molecular complexity index is 392. The summed E-state index contributed by atoms with van der Waals surface area (Å²) in [7, 11) is 0. The molecule has 0 fully saturated rings. The molecule has 0 atom stereocenters. The van der Waals surface area contributed by atoms with Crippen LogP contribution in [0.2, 0.25) is 5.02 Å². The SMILES string of the molecule is NCC(=O)c1ccc([N+](=O)[O-])c(Cl)c1. The van der Waals surface area contributed by atoms with Gasteiger partial charge in [0.05, 0.1) is 11.5 Å². The van der Waals surface area contributed by atoms with Crippen LogP contribution >= 0.6 is 11.6 Å². The van der Waals surface area contributed by atoms with Crippen LogP contribution in [0.1, 0.15) is 10.4 Å². The van der Waals surface area contributed by atoms with E-state index in [1.165, 1.54) is 18.2 Å². The molecule has 1 aromatic rings. The molecule has 0 saturated heterocycles. The van der Waals surface area contributed by atoms with Crippen LogP contribution in [0.25, 0.3) is 0 Å². The van der Waals surface area contributed by atoms with Gasteiger partial charge in [0.15, 0.2) is 5.78 Å². The third-order valence-corrected chi connectivity index (χ3v) is 1.95. The van der Waals surface area contributed by atoms with Crippen LogP contribution in [0.15, 0.2) is 18.2 Å². The second-order valence-electron chi connectivity index (χ2n) is 2.55. The van der Waals surface area contributed by atoms with Crippen molar-refractivity contribution in [2.45, 2.75) is 0 Å². The number of nitrogens with two attached hydrogens (primary N) is 1. The van der Waals surface area contributed by atoms with Gasteiger partial charge in [0.1, 0.15) is 5.02 Å². The summed E-state index contributed by atoms with van der Waals surface area (Å²) in [5.74, 6) is -0.304. The minimum atomic E-state index is -0.612. The van der Waals surface area contributed by atoms with Gasteiger partial charge in [-0.25, -0.2) is 0 Å². The first-order valence-electron chi connectivity index (χ1n) is 3.73. The Kier molecular flexibility index (Phi) is 3.16. The lowest BCUT2D eigenvalue weighted by Gasteiger charge is -1.99. The number of halogens is 1. The number of Topliss-reactive ketones (excluding diaryl/α,β-unsaturated/α-hetero) is 1. The summed E-state index contributed by atoms with van der Waals surface area (Å²) in [5, 5.41) is 10.3. The fourth-order valence-electron chi connectivity index (χ4n) is 0.946. The van der Waals surface area contributed by atoms with Gasteiger partial charge in [-0.1, -0.05) is 11.6 Å². The number of hydrogen-bond acceptors (Lipinski definition) is 4. The van der Waals surface area contributed by atoms with Crippen molar-refractivity contribution in [3.63, 3.8) is 0 Å². The van der Waals surface area contributed by atoms with E-state index < -0.39 is 4.92 Å². The number of rotatable bonds is 3. The van der Waals surface area contributed by atoms with Crippen molar-refractivity contribution in [1.82, 2.24) is 0 Å². The fraction of sp³-hybridized carbons (Fsp3) is 0.125. The molecule has 74 valence electrons. The van der Waals surface area contributed by atoms with Gasteiger partial charge in [-0.2, -0.15) is 0 Å². The topological polar surface area (TPSA) is 86.2 Å². The molecule has 1 rings (SSSR count). The largest absolute Gasteiger partial charge is 0.324 e. The lowest BCUT2D eigenvalue weighted by Crippen LogP contribution is -2.13. The highest BCUT2D eigenvalue weighted by Gasteiger charge is 2.14. The quantitative estimate of drug-likeness (QED) is 0.468. The van der Waals surface area contributed by atoms with Gasteiger partial charge < -0.3 is 5.73 Å². The highest BCUT2D eigenvalue weighted by molar-refractivity contribution is 6.33. The number of nitrogens with zero attached hydrogens (tertiary/aromatic N) is 1. The van der Waals surface area contributed by atoms with Crippen molar-refractivity contribution >= 4 is 23.1 Å². The lowest BCUT2D eigenvalue weighted by molar-refractivity contribution is -0.384. The molecule has 6 heteroatoms. The van der Waals surface area contributed by atoms with Crippen molar-refractivity contribution < 1.29 is 9.72 Å². The molecule has 0 amide bonds. The maximum absolute atomic E-state index is 11.1. The highest BCUT2D eigenvalue weighted by atomic mass is 35.5. The van der Waals surface area contributed by atoms with Crippen LogP contribution in [0.3, 0.4) is 0 Å². The van der Waals surface area contributed by atoms with Gasteiger partial charge in [0.2, 0.25) is 0 Å². The van der Waals surface area contributed by atoms with E-state index in [4.69, 9.17) is 17.3 Å². The molecule has 0 heterocycles. The minimum Gasteiger partial charge on any atom is -0.324 e. The molecule has 0 aliphatic heterocycles. The molecular formula is C8H7ClN2O3. The molecule has 5 nitrogen and oxygen atoms in total. The first-order valence-corrected chi connectivity index (χ1v) is 4.11. The van der Waals surface area contributed by atoms with Crippen molar-refractivity contribution in [2.24, 2.45) is 5.73 Å². The average molecular weight is 215 g/mol. The molecule has 0 unspecified atom stereocenters. The van der Waals surface area contributed by atoms with E-state index in [-0.39, 0.29) is 28.6 Å². The number of nitro groups is 1. The van der Waals surface area contributed by atoms with E-state index in [0.717, 1.165) is 0 Å². The Balaban J connectivity index is 3.12. The van der Waals surface area contributed by atoms with E-state index in [1.54, 1.807) is 0 Å². The Morgan fingerprint density at radius 1 is 1.57 bits per heavy atom. The summed E-state index contributed by atoms with van der Waals surface area (Å²) in [5.41, 5.74) is 5.18. The second-order valence-corrected chi connectivity index (χ2v) is 2.96. The zero-order chi connectivity index (χ0) is 10.7.